The van der Waals surface area contributed by atoms with Gasteiger partial charge >= 0.3 is 0 Å². The minimum absolute atomic E-state index is 0.0326. The van der Waals surface area contributed by atoms with Gasteiger partial charge in [-0.05, 0) is 122 Å². The first kappa shape index (κ1) is 33.9. The Morgan fingerprint density at radius 3 is 1.35 bits per heavy atom. The first-order valence-corrected chi connectivity index (χ1v) is 19.4. The predicted molar refractivity (Wildman–Crippen MR) is 222 cm³/mol. The number of nitrogens with zero attached hydrogens (tertiary/aromatic N) is 2. The molecule has 0 amide bonds. The SMILES string of the molecule is CC(C)(C)c1ccc(N2c3ccc(C(C)(C)C)cc3B3c4cc(C(C)(C)C)ccc4N(c4ccc(C5CCCCC5)cc4)c4cccc2c43)cc1. The largest absolute Gasteiger partial charge is 0.311 e. The van der Waals surface area contributed by atoms with Crippen molar-refractivity contribution < 1.29 is 0 Å². The van der Waals surface area contributed by atoms with Crippen LogP contribution in [0, 0.1) is 0 Å². The van der Waals surface area contributed by atoms with E-state index in [9.17, 15) is 0 Å². The van der Waals surface area contributed by atoms with Crippen molar-refractivity contribution >= 4 is 57.2 Å². The van der Waals surface area contributed by atoms with Crippen molar-refractivity contribution in [2.75, 3.05) is 9.80 Å². The second kappa shape index (κ2) is 12.2. The maximum absolute atomic E-state index is 2.56. The zero-order chi connectivity index (χ0) is 35.9. The van der Waals surface area contributed by atoms with Gasteiger partial charge in [0.1, 0.15) is 0 Å². The van der Waals surface area contributed by atoms with Gasteiger partial charge in [-0.15, -0.1) is 0 Å². The van der Waals surface area contributed by atoms with E-state index in [0.717, 1.165) is 0 Å². The van der Waals surface area contributed by atoms with Crippen LogP contribution in [-0.4, -0.2) is 6.71 Å². The first-order chi connectivity index (χ1) is 24.2. The Hall–Kier alpha value is -4.24. The lowest BCUT2D eigenvalue weighted by Gasteiger charge is -2.45. The van der Waals surface area contributed by atoms with E-state index in [4.69, 9.17) is 0 Å². The van der Waals surface area contributed by atoms with Gasteiger partial charge in [0.05, 0.1) is 0 Å². The van der Waals surface area contributed by atoms with Crippen molar-refractivity contribution in [1.29, 1.82) is 0 Å². The summed E-state index contributed by atoms with van der Waals surface area (Å²) in [5.74, 6) is 0.691. The van der Waals surface area contributed by atoms with E-state index in [1.54, 1.807) is 0 Å². The summed E-state index contributed by atoms with van der Waals surface area (Å²) >= 11 is 0. The molecule has 0 spiro atoms. The quantitative estimate of drug-likeness (QED) is 0.173. The summed E-state index contributed by atoms with van der Waals surface area (Å²) in [5, 5.41) is 0. The molecule has 8 rings (SSSR count). The first-order valence-electron chi connectivity index (χ1n) is 19.4. The minimum Gasteiger partial charge on any atom is -0.311 e. The summed E-state index contributed by atoms with van der Waals surface area (Å²) in [6, 6.07) is 40.5. The summed E-state index contributed by atoms with van der Waals surface area (Å²) < 4.78 is 0. The molecule has 0 atom stereocenters. The number of fused-ring (bicyclic) bond motifs is 4. The highest BCUT2D eigenvalue weighted by Crippen LogP contribution is 2.45. The maximum atomic E-state index is 2.56. The van der Waals surface area contributed by atoms with Crippen LogP contribution in [0.2, 0.25) is 0 Å². The Balaban J connectivity index is 1.38. The van der Waals surface area contributed by atoms with Gasteiger partial charge in [0.2, 0.25) is 0 Å². The van der Waals surface area contributed by atoms with E-state index < -0.39 is 0 Å². The van der Waals surface area contributed by atoms with Gasteiger partial charge in [-0.1, -0.05) is 136 Å². The average Bonchev–Trinajstić information content (AvgIpc) is 3.10. The lowest BCUT2D eigenvalue weighted by Crippen LogP contribution is -2.61. The molecule has 0 N–H and O–H groups in total. The molecule has 0 radical (unpaired) electrons. The fraction of sp³-hybridized carbons (Fsp3) is 0.375. The Bertz CT molecular complexity index is 2080. The van der Waals surface area contributed by atoms with E-state index in [1.165, 1.54) is 105 Å². The van der Waals surface area contributed by atoms with Gasteiger partial charge in [0.25, 0.3) is 6.71 Å². The zero-order valence-electron chi connectivity index (χ0n) is 32.4. The smallest absolute Gasteiger partial charge is 0.252 e. The molecular weight excluding hydrogens is 615 g/mol. The van der Waals surface area contributed by atoms with Crippen LogP contribution in [0.4, 0.5) is 34.1 Å². The molecule has 260 valence electrons. The van der Waals surface area contributed by atoms with Crippen molar-refractivity contribution in [2.24, 2.45) is 0 Å². The monoisotopic (exact) mass is 670 g/mol. The highest BCUT2D eigenvalue weighted by Gasteiger charge is 2.44. The molecule has 0 aromatic heterocycles. The van der Waals surface area contributed by atoms with Crippen LogP contribution < -0.4 is 26.2 Å². The van der Waals surface area contributed by atoms with Gasteiger partial charge in [0.15, 0.2) is 0 Å². The van der Waals surface area contributed by atoms with E-state index in [1.807, 2.05) is 0 Å². The van der Waals surface area contributed by atoms with E-state index in [0.29, 0.717) is 5.92 Å². The van der Waals surface area contributed by atoms with Crippen molar-refractivity contribution in [2.45, 2.75) is 117 Å². The number of rotatable bonds is 3. The van der Waals surface area contributed by atoms with E-state index in [2.05, 4.69) is 175 Å². The molecule has 2 nitrogen and oxygen atoms in total. The van der Waals surface area contributed by atoms with Crippen LogP contribution in [0.1, 0.15) is 123 Å². The van der Waals surface area contributed by atoms with Gasteiger partial charge in [0, 0.05) is 34.1 Å². The van der Waals surface area contributed by atoms with Crippen molar-refractivity contribution in [3.8, 4) is 0 Å². The molecule has 0 saturated heterocycles. The highest BCUT2D eigenvalue weighted by atomic mass is 15.2. The van der Waals surface area contributed by atoms with Crippen LogP contribution in [-0.2, 0) is 16.2 Å². The topological polar surface area (TPSA) is 6.48 Å². The molecule has 3 aliphatic rings. The second-order valence-electron chi connectivity index (χ2n) is 18.6. The van der Waals surface area contributed by atoms with Gasteiger partial charge < -0.3 is 9.80 Å². The van der Waals surface area contributed by atoms with Crippen LogP contribution >= 0.6 is 0 Å². The standard InChI is InChI=1S/C48H55BN2/c1-46(2,3)34-20-26-38(27-21-34)51-42-29-23-36(48(7,8)9)31-40(42)49-39-30-35(47(4,5)6)22-28-41(39)50(43-16-13-17-44(51)45(43)49)37-24-18-33(19-25-37)32-14-11-10-12-15-32/h13,16-32H,10-12,14-15H2,1-9H3. The Labute approximate surface area is 308 Å². The van der Waals surface area contributed by atoms with Crippen LogP contribution in [0.15, 0.2) is 103 Å². The molecule has 51 heavy (non-hydrogen) atoms. The van der Waals surface area contributed by atoms with Gasteiger partial charge in [-0.2, -0.15) is 0 Å². The molecule has 3 heteroatoms. The lowest BCUT2D eigenvalue weighted by molar-refractivity contribution is 0.443. The Morgan fingerprint density at radius 1 is 0.471 bits per heavy atom. The molecule has 2 heterocycles. The third-order valence-corrected chi connectivity index (χ3v) is 11.9. The lowest BCUT2D eigenvalue weighted by atomic mass is 9.33. The Kier molecular flexibility index (Phi) is 8.09. The number of anilines is 6. The van der Waals surface area contributed by atoms with Gasteiger partial charge in [-0.25, -0.2) is 0 Å². The molecule has 5 aromatic rings. The highest BCUT2D eigenvalue weighted by molar-refractivity contribution is 7.00. The number of hydrogen-bond donors (Lipinski definition) is 0. The molecule has 2 aliphatic heterocycles. The normalized spacial score (nSPS) is 16.1. The second-order valence-corrected chi connectivity index (χ2v) is 18.6. The molecule has 1 fully saturated rings. The minimum atomic E-state index is 0.0326. The fourth-order valence-corrected chi connectivity index (χ4v) is 8.88. The zero-order valence-corrected chi connectivity index (χ0v) is 32.4. The summed E-state index contributed by atoms with van der Waals surface area (Å²) in [5.41, 5.74) is 17.5. The molecular formula is C48H55BN2. The number of benzene rings is 5. The van der Waals surface area contributed by atoms with Crippen LogP contribution in [0.5, 0.6) is 0 Å². The number of hydrogen-bond acceptors (Lipinski definition) is 2. The third kappa shape index (κ3) is 5.91. The fourth-order valence-electron chi connectivity index (χ4n) is 8.88. The molecule has 1 aliphatic carbocycles. The Morgan fingerprint density at radius 2 is 0.902 bits per heavy atom. The van der Waals surface area contributed by atoms with Crippen molar-refractivity contribution in [3.63, 3.8) is 0 Å². The maximum Gasteiger partial charge on any atom is 0.252 e. The molecule has 1 saturated carbocycles. The molecule has 0 unspecified atom stereocenters. The molecule has 0 bridgehead atoms. The molecule has 5 aromatic carbocycles. The van der Waals surface area contributed by atoms with Crippen molar-refractivity contribution in [1.82, 2.24) is 0 Å². The van der Waals surface area contributed by atoms with E-state index >= 15 is 0 Å². The van der Waals surface area contributed by atoms with Crippen LogP contribution in [0.3, 0.4) is 0 Å². The summed E-state index contributed by atoms with van der Waals surface area (Å²) in [6.07, 6.45) is 6.73. The summed E-state index contributed by atoms with van der Waals surface area (Å²) in [7, 11) is 0. The van der Waals surface area contributed by atoms with Crippen LogP contribution in [0.25, 0.3) is 0 Å². The summed E-state index contributed by atoms with van der Waals surface area (Å²) in [4.78, 5) is 5.09. The van der Waals surface area contributed by atoms with E-state index in [-0.39, 0.29) is 23.0 Å². The average molecular weight is 671 g/mol. The third-order valence-electron chi connectivity index (χ3n) is 11.9. The summed E-state index contributed by atoms with van der Waals surface area (Å²) in [6.45, 7) is 21.0. The van der Waals surface area contributed by atoms with Gasteiger partial charge in [-0.3, -0.25) is 0 Å². The van der Waals surface area contributed by atoms with Crippen molar-refractivity contribution in [3.05, 3.63) is 125 Å². The predicted octanol–water partition coefficient (Wildman–Crippen LogP) is 11.7.